The van der Waals surface area contributed by atoms with Crippen molar-refractivity contribution in [3.8, 4) is 6.01 Å². The molecule has 1 aliphatic rings. The zero-order valence-corrected chi connectivity index (χ0v) is 10.2. The predicted molar refractivity (Wildman–Crippen MR) is 64.9 cm³/mol. The van der Waals surface area contributed by atoms with Gasteiger partial charge in [0.15, 0.2) is 0 Å². The maximum absolute atomic E-state index is 5.61. The van der Waals surface area contributed by atoms with E-state index in [9.17, 15) is 0 Å². The molecule has 1 atom stereocenters. The largest absolute Gasteiger partial charge is 0.467 e. The third kappa shape index (κ3) is 2.29. The summed E-state index contributed by atoms with van der Waals surface area (Å²) in [4.78, 5) is 14.4. The number of ether oxygens (including phenoxy) is 1. The minimum absolute atomic E-state index is 0.201. The average Bonchev–Trinajstić information content (AvgIpc) is 2.28. The van der Waals surface area contributed by atoms with Gasteiger partial charge in [-0.1, -0.05) is 0 Å². The van der Waals surface area contributed by atoms with Gasteiger partial charge in [-0.3, -0.25) is 0 Å². The molecule has 2 heterocycles. The summed E-state index contributed by atoms with van der Waals surface area (Å²) in [7, 11) is 1.52. The van der Waals surface area contributed by atoms with Crippen LogP contribution >= 0.6 is 11.8 Å². The number of anilines is 2. The number of aromatic nitrogens is 3. The van der Waals surface area contributed by atoms with Gasteiger partial charge in [0.25, 0.3) is 0 Å². The van der Waals surface area contributed by atoms with Gasteiger partial charge in [0, 0.05) is 24.1 Å². The summed E-state index contributed by atoms with van der Waals surface area (Å²) in [6.07, 6.45) is 0. The molecule has 1 aliphatic heterocycles. The first-order valence-electron chi connectivity index (χ1n) is 5.10. The topological polar surface area (TPSA) is 77.2 Å². The van der Waals surface area contributed by atoms with Crippen molar-refractivity contribution in [3.05, 3.63) is 0 Å². The molecule has 1 aromatic rings. The van der Waals surface area contributed by atoms with Gasteiger partial charge in [0.05, 0.1) is 7.11 Å². The minimum atomic E-state index is 0.201. The zero-order valence-electron chi connectivity index (χ0n) is 9.38. The molecular weight excluding hydrogens is 226 g/mol. The summed E-state index contributed by atoms with van der Waals surface area (Å²) in [6.45, 7) is 3.08. The third-order valence-corrected chi connectivity index (χ3v) is 3.62. The minimum Gasteiger partial charge on any atom is -0.467 e. The van der Waals surface area contributed by atoms with Crippen molar-refractivity contribution in [2.24, 2.45) is 0 Å². The lowest BCUT2D eigenvalue weighted by molar-refractivity contribution is 0.378. The van der Waals surface area contributed by atoms with Crippen LogP contribution in [0.3, 0.4) is 0 Å². The molecule has 7 heteroatoms. The highest BCUT2D eigenvalue weighted by molar-refractivity contribution is 7.99. The fourth-order valence-electron chi connectivity index (χ4n) is 1.60. The van der Waals surface area contributed by atoms with Gasteiger partial charge in [-0.05, 0) is 6.92 Å². The maximum atomic E-state index is 5.61. The Labute approximate surface area is 98.6 Å². The van der Waals surface area contributed by atoms with Crippen molar-refractivity contribution in [1.29, 1.82) is 0 Å². The molecule has 0 amide bonds. The molecule has 88 valence electrons. The van der Waals surface area contributed by atoms with E-state index in [0.717, 1.165) is 18.1 Å². The second-order valence-electron chi connectivity index (χ2n) is 3.60. The Balaban J connectivity index is 2.27. The van der Waals surface area contributed by atoms with E-state index >= 15 is 0 Å². The summed E-state index contributed by atoms with van der Waals surface area (Å²) < 4.78 is 4.99. The van der Waals surface area contributed by atoms with Crippen LogP contribution in [0.5, 0.6) is 6.01 Å². The van der Waals surface area contributed by atoms with E-state index < -0.39 is 0 Å². The van der Waals surface area contributed by atoms with E-state index in [4.69, 9.17) is 10.5 Å². The fraction of sp³-hybridized carbons (Fsp3) is 0.667. The standard InChI is InChI=1S/C9H15N5OS/c1-6-5-16-4-3-14(6)8-11-7(10)12-9(13-8)15-2/h6H,3-5H2,1-2H3,(H2,10,11,12,13). The van der Waals surface area contributed by atoms with Gasteiger partial charge in [0.2, 0.25) is 11.9 Å². The first kappa shape index (κ1) is 11.3. The van der Waals surface area contributed by atoms with E-state index in [0.29, 0.717) is 12.0 Å². The molecule has 2 N–H and O–H groups in total. The van der Waals surface area contributed by atoms with Gasteiger partial charge in [0.1, 0.15) is 0 Å². The lowest BCUT2D eigenvalue weighted by atomic mass is 10.3. The van der Waals surface area contributed by atoms with Gasteiger partial charge >= 0.3 is 6.01 Å². The van der Waals surface area contributed by atoms with Gasteiger partial charge in [-0.25, -0.2) is 0 Å². The lowest BCUT2D eigenvalue weighted by Gasteiger charge is -2.32. The quantitative estimate of drug-likeness (QED) is 0.803. The SMILES string of the molecule is COc1nc(N)nc(N2CCSCC2C)n1. The Morgan fingerprint density at radius 3 is 2.94 bits per heavy atom. The molecule has 0 spiro atoms. The second kappa shape index (κ2) is 4.73. The van der Waals surface area contributed by atoms with Gasteiger partial charge < -0.3 is 15.4 Å². The first-order valence-corrected chi connectivity index (χ1v) is 6.26. The summed E-state index contributed by atoms with van der Waals surface area (Å²) in [6, 6.07) is 0.679. The number of hydrogen-bond acceptors (Lipinski definition) is 7. The van der Waals surface area contributed by atoms with Crippen LogP contribution in [-0.4, -0.2) is 46.2 Å². The number of thioether (sulfide) groups is 1. The monoisotopic (exact) mass is 241 g/mol. The lowest BCUT2D eigenvalue weighted by Crippen LogP contribution is -2.41. The molecule has 2 rings (SSSR count). The predicted octanol–water partition coefficient (Wildman–Crippen LogP) is 0.404. The van der Waals surface area contributed by atoms with Crippen LogP contribution in [-0.2, 0) is 0 Å². The van der Waals surface area contributed by atoms with E-state index in [2.05, 4.69) is 26.8 Å². The van der Waals surface area contributed by atoms with Crippen molar-refractivity contribution in [3.63, 3.8) is 0 Å². The summed E-state index contributed by atoms with van der Waals surface area (Å²) in [5, 5.41) is 0. The Bertz CT molecular complexity index is 375. The maximum Gasteiger partial charge on any atom is 0.322 e. The molecule has 1 saturated heterocycles. The fourth-order valence-corrected chi connectivity index (χ4v) is 2.62. The van der Waals surface area contributed by atoms with Crippen LogP contribution in [0.1, 0.15) is 6.92 Å². The normalized spacial score (nSPS) is 20.9. The Hall–Kier alpha value is -1.24. The first-order chi connectivity index (χ1) is 7.70. The molecule has 0 radical (unpaired) electrons. The van der Waals surface area contributed by atoms with Crippen LogP contribution in [0, 0.1) is 0 Å². The van der Waals surface area contributed by atoms with E-state index in [-0.39, 0.29) is 12.0 Å². The molecule has 0 saturated carbocycles. The van der Waals surface area contributed by atoms with Gasteiger partial charge in [-0.15, -0.1) is 0 Å². The van der Waals surface area contributed by atoms with E-state index in [1.165, 1.54) is 7.11 Å². The Morgan fingerprint density at radius 1 is 1.44 bits per heavy atom. The number of rotatable bonds is 2. The number of nitrogens with zero attached hydrogens (tertiary/aromatic N) is 4. The molecule has 0 aromatic carbocycles. The van der Waals surface area contributed by atoms with Crippen LogP contribution < -0.4 is 15.4 Å². The molecule has 1 aromatic heterocycles. The number of nitrogens with two attached hydrogens (primary N) is 1. The summed E-state index contributed by atoms with van der Waals surface area (Å²) >= 11 is 1.94. The average molecular weight is 241 g/mol. The van der Waals surface area contributed by atoms with Crippen molar-refractivity contribution in [2.45, 2.75) is 13.0 Å². The van der Waals surface area contributed by atoms with Crippen LogP contribution in [0.4, 0.5) is 11.9 Å². The van der Waals surface area contributed by atoms with Crippen molar-refractivity contribution in [2.75, 3.05) is 35.8 Å². The molecule has 0 bridgehead atoms. The molecular formula is C9H15N5OS. The third-order valence-electron chi connectivity index (χ3n) is 2.43. The van der Waals surface area contributed by atoms with Crippen molar-refractivity contribution < 1.29 is 4.74 Å². The number of hydrogen-bond donors (Lipinski definition) is 1. The van der Waals surface area contributed by atoms with Crippen LogP contribution in [0.2, 0.25) is 0 Å². The van der Waals surface area contributed by atoms with Crippen molar-refractivity contribution in [1.82, 2.24) is 15.0 Å². The Kier molecular flexibility index (Phi) is 3.33. The Morgan fingerprint density at radius 2 is 2.25 bits per heavy atom. The summed E-state index contributed by atoms with van der Waals surface area (Å²) in [5.74, 6) is 2.97. The highest BCUT2D eigenvalue weighted by atomic mass is 32.2. The smallest absolute Gasteiger partial charge is 0.322 e. The molecule has 1 unspecified atom stereocenters. The summed E-state index contributed by atoms with van der Waals surface area (Å²) in [5.41, 5.74) is 5.61. The molecule has 16 heavy (non-hydrogen) atoms. The second-order valence-corrected chi connectivity index (χ2v) is 4.75. The highest BCUT2D eigenvalue weighted by Gasteiger charge is 2.22. The van der Waals surface area contributed by atoms with E-state index in [1.54, 1.807) is 0 Å². The molecule has 6 nitrogen and oxygen atoms in total. The number of nitrogen functional groups attached to an aromatic ring is 1. The zero-order chi connectivity index (χ0) is 11.5. The number of methoxy groups -OCH3 is 1. The van der Waals surface area contributed by atoms with Crippen LogP contribution in [0.25, 0.3) is 0 Å². The van der Waals surface area contributed by atoms with Gasteiger partial charge in [-0.2, -0.15) is 26.7 Å². The van der Waals surface area contributed by atoms with Crippen LogP contribution in [0.15, 0.2) is 0 Å². The van der Waals surface area contributed by atoms with E-state index in [1.807, 2.05) is 11.8 Å². The molecule has 0 aliphatic carbocycles. The highest BCUT2D eigenvalue weighted by Crippen LogP contribution is 2.22. The van der Waals surface area contributed by atoms with Crippen molar-refractivity contribution >= 4 is 23.7 Å². The molecule has 1 fully saturated rings.